The molecular weight excluding hydrogens is 312 g/mol. The van der Waals surface area contributed by atoms with Crippen LogP contribution in [-0.4, -0.2) is 11.5 Å². The zero-order valence-electron chi connectivity index (χ0n) is 13.0. The van der Waals surface area contributed by atoms with E-state index in [0.717, 1.165) is 30.8 Å². The van der Waals surface area contributed by atoms with Gasteiger partial charge in [-0.3, -0.25) is 0 Å². The number of fused-ring (bicyclic) bond motifs is 1. The van der Waals surface area contributed by atoms with Crippen LogP contribution in [0.25, 0.3) is 21.5 Å². The normalized spacial score (nSPS) is 11.5. The first-order valence-electron chi connectivity index (χ1n) is 7.67. The van der Waals surface area contributed by atoms with Crippen LogP contribution in [0, 0.1) is 13.8 Å². The molecule has 0 radical (unpaired) electrons. The topological polar surface area (TPSA) is 41.8 Å². The second-order valence-electron chi connectivity index (χ2n) is 5.80. The third-order valence-corrected chi connectivity index (χ3v) is 5.40. The molecule has 22 heavy (non-hydrogen) atoms. The Kier molecular flexibility index (Phi) is 4.57. The molecule has 2 aromatic heterocycles. The Morgan fingerprint density at radius 2 is 2.00 bits per heavy atom. The van der Waals surface area contributed by atoms with Crippen LogP contribution >= 0.6 is 22.9 Å². The van der Waals surface area contributed by atoms with Crippen molar-refractivity contribution in [3.05, 3.63) is 45.3 Å². The number of unbranched alkanes of at least 4 members (excludes halogenated alkanes) is 1. The van der Waals surface area contributed by atoms with E-state index in [9.17, 15) is 0 Å². The lowest BCUT2D eigenvalue weighted by Crippen LogP contribution is -1.99. The lowest BCUT2D eigenvalue weighted by atomic mass is 10.0. The van der Waals surface area contributed by atoms with Crippen molar-refractivity contribution in [2.45, 2.75) is 33.1 Å². The molecule has 0 saturated carbocycles. The molecule has 116 valence electrons. The van der Waals surface area contributed by atoms with Crippen molar-refractivity contribution < 1.29 is 0 Å². The van der Waals surface area contributed by atoms with Crippen molar-refractivity contribution in [2.75, 3.05) is 6.54 Å². The lowest BCUT2D eigenvalue weighted by molar-refractivity contribution is 0.748. The molecule has 0 aliphatic carbocycles. The monoisotopic (exact) mass is 332 g/mol. The highest BCUT2D eigenvalue weighted by Gasteiger charge is 2.17. The number of nitrogens with one attached hydrogen (secondary N) is 1. The minimum atomic E-state index is 0.746. The van der Waals surface area contributed by atoms with Gasteiger partial charge in [0.25, 0.3) is 0 Å². The zero-order valence-corrected chi connectivity index (χ0v) is 14.6. The van der Waals surface area contributed by atoms with Gasteiger partial charge in [-0.15, -0.1) is 11.3 Å². The Bertz CT molecular complexity index is 801. The molecule has 0 aliphatic heterocycles. The molecule has 3 aromatic rings. The number of hydrogen-bond donors (Lipinski definition) is 2. The van der Waals surface area contributed by atoms with Crippen LogP contribution in [0.1, 0.15) is 29.5 Å². The molecule has 0 spiro atoms. The molecule has 4 heteroatoms. The fourth-order valence-corrected chi connectivity index (χ4v) is 4.24. The Hall–Kier alpha value is -1.29. The summed E-state index contributed by atoms with van der Waals surface area (Å²) >= 11 is 8.08. The fourth-order valence-electron chi connectivity index (χ4n) is 3.01. The first kappa shape index (κ1) is 15.6. The van der Waals surface area contributed by atoms with Gasteiger partial charge in [0.15, 0.2) is 0 Å². The number of aryl methyl sites for hydroxylation is 3. The molecule has 2 heterocycles. The molecule has 0 saturated heterocycles. The Morgan fingerprint density at radius 3 is 2.68 bits per heavy atom. The van der Waals surface area contributed by atoms with Gasteiger partial charge in [-0.1, -0.05) is 11.6 Å². The third-order valence-electron chi connectivity index (χ3n) is 4.15. The van der Waals surface area contributed by atoms with Gasteiger partial charge in [0, 0.05) is 15.9 Å². The maximum absolute atomic E-state index is 6.29. The van der Waals surface area contributed by atoms with Gasteiger partial charge in [0.2, 0.25) is 0 Å². The van der Waals surface area contributed by atoms with Gasteiger partial charge in [-0.2, -0.15) is 0 Å². The van der Waals surface area contributed by atoms with E-state index < -0.39 is 0 Å². The summed E-state index contributed by atoms with van der Waals surface area (Å²) < 4.78 is 0. The van der Waals surface area contributed by atoms with Gasteiger partial charge >= 0.3 is 0 Å². The molecule has 3 N–H and O–H groups in total. The number of benzene rings is 1. The summed E-state index contributed by atoms with van der Waals surface area (Å²) in [6, 6.07) is 6.29. The Balaban J connectivity index is 2.19. The molecule has 1 aromatic carbocycles. The summed E-state index contributed by atoms with van der Waals surface area (Å²) in [6.45, 7) is 5.02. The number of nitrogens with two attached hydrogens (primary N) is 1. The summed E-state index contributed by atoms with van der Waals surface area (Å²) in [5, 5.41) is 4.21. The van der Waals surface area contributed by atoms with Crippen molar-refractivity contribution in [3.8, 4) is 10.6 Å². The summed E-state index contributed by atoms with van der Waals surface area (Å²) in [6.07, 6.45) is 3.19. The highest BCUT2D eigenvalue weighted by Crippen LogP contribution is 2.38. The van der Waals surface area contributed by atoms with Crippen LogP contribution in [0.5, 0.6) is 0 Å². The summed E-state index contributed by atoms with van der Waals surface area (Å²) in [5.41, 5.74) is 12.0. The largest absolute Gasteiger partial charge is 0.353 e. The number of aromatic amines is 1. The molecule has 0 aliphatic rings. The van der Waals surface area contributed by atoms with Gasteiger partial charge in [0.05, 0.1) is 10.6 Å². The summed E-state index contributed by atoms with van der Waals surface area (Å²) in [7, 11) is 0. The average molecular weight is 333 g/mol. The SMILES string of the molecule is Cc1ccsc1-c1[nH]c2c(C)cc(Cl)cc2c1CCCCN. The zero-order chi connectivity index (χ0) is 15.7. The molecule has 0 atom stereocenters. The number of hydrogen-bond acceptors (Lipinski definition) is 2. The number of H-pyrrole nitrogens is 1. The number of rotatable bonds is 5. The lowest BCUT2D eigenvalue weighted by Gasteiger charge is -2.05. The van der Waals surface area contributed by atoms with Crippen molar-refractivity contribution in [3.63, 3.8) is 0 Å². The van der Waals surface area contributed by atoms with Gasteiger partial charge in [0.1, 0.15) is 0 Å². The second kappa shape index (κ2) is 6.45. The predicted octanol–water partition coefficient (Wildman–Crippen LogP) is 5.45. The third kappa shape index (κ3) is 2.81. The fraction of sp³-hybridized carbons (Fsp3) is 0.333. The predicted molar refractivity (Wildman–Crippen MR) is 98.1 cm³/mol. The number of halogens is 1. The number of aromatic nitrogens is 1. The van der Waals surface area contributed by atoms with E-state index in [1.807, 2.05) is 6.07 Å². The van der Waals surface area contributed by atoms with Crippen molar-refractivity contribution in [2.24, 2.45) is 5.73 Å². The minimum Gasteiger partial charge on any atom is -0.353 e. The molecule has 0 bridgehead atoms. The van der Waals surface area contributed by atoms with Gasteiger partial charge < -0.3 is 10.7 Å². The van der Waals surface area contributed by atoms with E-state index in [2.05, 4.69) is 36.3 Å². The Labute approximate surface area is 140 Å². The molecule has 2 nitrogen and oxygen atoms in total. The second-order valence-corrected chi connectivity index (χ2v) is 7.15. The highest BCUT2D eigenvalue weighted by atomic mass is 35.5. The van der Waals surface area contributed by atoms with Crippen LogP contribution in [0.3, 0.4) is 0 Å². The van der Waals surface area contributed by atoms with Gasteiger partial charge in [-0.05, 0) is 79.9 Å². The molecule has 0 unspecified atom stereocenters. The molecular formula is C18H21ClN2S. The van der Waals surface area contributed by atoms with E-state index in [1.54, 1.807) is 11.3 Å². The standard InChI is InChI=1S/C18H21ClN2S/c1-11-6-8-22-18(11)17-14(5-3-4-7-20)15-10-13(19)9-12(2)16(15)21-17/h6,8-10,21H,3-5,7,20H2,1-2H3. The van der Waals surface area contributed by atoms with Crippen LogP contribution in [-0.2, 0) is 6.42 Å². The van der Waals surface area contributed by atoms with Gasteiger partial charge in [-0.25, -0.2) is 0 Å². The molecule has 3 rings (SSSR count). The van der Waals surface area contributed by atoms with Crippen molar-refractivity contribution in [1.29, 1.82) is 0 Å². The Morgan fingerprint density at radius 1 is 1.18 bits per heavy atom. The van der Waals surface area contributed by atoms with E-state index in [0.29, 0.717) is 0 Å². The van der Waals surface area contributed by atoms with E-state index in [1.165, 1.54) is 38.2 Å². The minimum absolute atomic E-state index is 0.746. The smallest absolute Gasteiger partial charge is 0.0601 e. The first-order valence-corrected chi connectivity index (χ1v) is 8.92. The summed E-state index contributed by atoms with van der Waals surface area (Å²) in [4.78, 5) is 4.98. The quantitative estimate of drug-likeness (QED) is 0.599. The highest BCUT2D eigenvalue weighted by molar-refractivity contribution is 7.13. The van der Waals surface area contributed by atoms with Crippen LogP contribution in [0.4, 0.5) is 0 Å². The summed E-state index contributed by atoms with van der Waals surface area (Å²) in [5.74, 6) is 0. The van der Waals surface area contributed by atoms with E-state index >= 15 is 0 Å². The first-order chi connectivity index (χ1) is 10.6. The average Bonchev–Trinajstić information content (AvgIpc) is 3.03. The van der Waals surface area contributed by atoms with Crippen LogP contribution in [0.15, 0.2) is 23.6 Å². The van der Waals surface area contributed by atoms with Crippen LogP contribution < -0.4 is 5.73 Å². The maximum Gasteiger partial charge on any atom is 0.0601 e. The van der Waals surface area contributed by atoms with Crippen LogP contribution in [0.2, 0.25) is 5.02 Å². The van der Waals surface area contributed by atoms with E-state index in [4.69, 9.17) is 17.3 Å². The van der Waals surface area contributed by atoms with Crippen molar-refractivity contribution >= 4 is 33.8 Å². The van der Waals surface area contributed by atoms with E-state index in [-0.39, 0.29) is 0 Å². The molecule has 0 amide bonds. The van der Waals surface area contributed by atoms with Crippen molar-refractivity contribution in [1.82, 2.24) is 4.98 Å². The number of thiophene rings is 1. The molecule has 0 fully saturated rings. The maximum atomic E-state index is 6.29.